The highest BCUT2D eigenvalue weighted by atomic mass is 32.2. The molecule has 0 bridgehead atoms. The van der Waals surface area contributed by atoms with Crippen LogP contribution in [0.15, 0.2) is 0 Å². The second-order valence-electron chi connectivity index (χ2n) is 6.80. The van der Waals surface area contributed by atoms with Gasteiger partial charge in [0.1, 0.15) is 0 Å². The second-order valence-corrected chi connectivity index (χ2v) is 8.47. The van der Waals surface area contributed by atoms with Gasteiger partial charge < -0.3 is 10.6 Å². The van der Waals surface area contributed by atoms with Crippen molar-refractivity contribution >= 4 is 10.2 Å². The Kier molecular flexibility index (Phi) is 7.56. The monoisotopic (exact) mass is 320 g/mol. The molecule has 1 aliphatic rings. The van der Waals surface area contributed by atoms with Crippen molar-refractivity contribution in [2.45, 2.75) is 52.0 Å². The van der Waals surface area contributed by atoms with Crippen LogP contribution in [0.5, 0.6) is 0 Å². The second kappa shape index (κ2) is 8.43. The molecule has 1 fully saturated rings. The van der Waals surface area contributed by atoms with E-state index in [9.17, 15) is 8.42 Å². The zero-order valence-electron chi connectivity index (χ0n) is 13.8. The Labute approximate surface area is 130 Å². The van der Waals surface area contributed by atoms with Crippen molar-refractivity contribution in [1.29, 1.82) is 0 Å². The molecule has 0 spiro atoms. The van der Waals surface area contributed by atoms with Gasteiger partial charge in [-0.2, -0.15) is 17.4 Å². The molecule has 1 aliphatic heterocycles. The van der Waals surface area contributed by atoms with Crippen molar-refractivity contribution in [2.24, 2.45) is 5.73 Å². The lowest BCUT2D eigenvalue weighted by molar-refractivity contribution is 0.279. The molecule has 21 heavy (non-hydrogen) atoms. The molecule has 3 N–H and O–H groups in total. The van der Waals surface area contributed by atoms with Crippen LogP contribution < -0.4 is 10.5 Å². The summed E-state index contributed by atoms with van der Waals surface area (Å²) < 4.78 is 29.0. The first-order valence-corrected chi connectivity index (χ1v) is 9.40. The zero-order chi connectivity index (χ0) is 15.9. The molecule has 0 atom stereocenters. The van der Waals surface area contributed by atoms with Gasteiger partial charge >= 0.3 is 0 Å². The number of nitrogens with zero attached hydrogens (tertiary/aromatic N) is 2. The molecule has 1 saturated heterocycles. The van der Waals surface area contributed by atoms with E-state index in [0.29, 0.717) is 13.1 Å². The SMILES string of the molecule is CC(C)(C)NS(=O)(=O)N1CCCN(CCCCCN)CC1. The fourth-order valence-electron chi connectivity index (χ4n) is 2.52. The number of unbranched alkanes of at least 4 members (excludes halogenated alkanes) is 2. The molecule has 1 heterocycles. The Hall–Kier alpha value is -0.210. The highest BCUT2D eigenvalue weighted by molar-refractivity contribution is 7.87. The van der Waals surface area contributed by atoms with Crippen molar-refractivity contribution in [2.75, 3.05) is 39.3 Å². The van der Waals surface area contributed by atoms with Crippen LogP contribution in [0, 0.1) is 0 Å². The summed E-state index contributed by atoms with van der Waals surface area (Å²) in [7, 11) is -3.38. The van der Waals surface area contributed by atoms with Crippen LogP contribution in [0.25, 0.3) is 0 Å². The molecule has 0 aliphatic carbocycles. The number of nitrogens with two attached hydrogens (primary N) is 1. The van der Waals surface area contributed by atoms with Gasteiger partial charge in [-0.3, -0.25) is 0 Å². The van der Waals surface area contributed by atoms with E-state index in [4.69, 9.17) is 5.73 Å². The molecular weight excluding hydrogens is 288 g/mol. The molecule has 126 valence electrons. The lowest BCUT2D eigenvalue weighted by Crippen LogP contribution is -2.49. The van der Waals surface area contributed by atoms with E-state index in [2.05, 4.69) is 9.62 Å². The Bertz CT molecular complexity index is 392. The lowest BCUT2D eigenvalue weighted by atomic mass is 10.1. The number of nitrogens with one attached hydrogen (secondary N) is 1. The van der Waals surface area contributed by atoms with Crippen LogP contribution in [0.4, 0.5) is 0 Å². The summed E-state index contributed by atoms with van der Waals surface area (Å²) >= 11 is 0. The first-order valence-electron chi connectivity index (χ1n) is 7.96. The smallest absolute Gasteiger partial charge is 0.279 e. The highest BCUT2D eigenvalue weighted by Crippen LogP contribution is 2.11. The molecule has 0 unspecified atom stereocenters. The van der Waals surface area contributed by atoms with E-state index in [0.717, 1.165) is 51.9 Å². The summed E-state index contributed by atoms with van der Waals surface area (Å²) in [6.45, 7) is 10.4. The molecule has 0 aromatic heterocycles. The van der Waals surface area contributed by atoms with Crippen LogP contribution >= 0.6 is 0 Å². The van der Waals surface area contributed by atoms with Gasteiger partial charge in [0, 0.05) is 25.2 Å². The summed E-state index contributed by atoms with van der Waals surface area (Å²) in [5, 5.41) is 0. The zero-order valence-corrected chi connectivity index (χ0v) is 14.6. The maximum Gasteiger partial charge on any atom is 0.279 e. The summed E-state index contributed by atoms with van der Waals surface area (Å²) in [6, 6.07) is 0. The maximum atomic E-state index is 12.3. The van der Waals surface area contributed by atoms with Crippen LogP contribution in [-0.4, -0.2) is 62.4 Å². The molecular formula is C14H32N4O2S. The summed E-state index contributed by atoms with van der Waals surface area (Å²) in [5.41, 5.74) is 5.06. The highest BCUT2D eigenvalue weighted by Gasteiger charge is 2.28. The fourth-order valence-corrected chi connectivity index (χ4v) is 4.11. The summed E-state index contributed by atoms with van der Waals surface area (Å²) in [4.78, 5) is 2.36. The van der Waals surface area contributed by atoms with E-state index in [1.807, 2.05) is 20.8 Å². The molecule has 7 heteroatoms. The molecule has 0 amide bonds. The third-order valence-corrected chi connectivity index (χ3v) is 5.42. The van der Waals surface area contributed by atoms with Gasteiger partial charge in [-0.05, 0) is 59.7 Å². The Morgan fingerprint density at radius 2 is 1.76 bits per heavy atom. The molecule has 0 aromatic rings. The van der Waals surface area contributed by atoms with Crippen molar-refractivity contribution in [3.8, 4) is 0 Å². The summed E-state index contributed by atoms with van der Waals surface area (Å²) in [6.07, 6.45) is 4.26. The van der Waals surface area contributed by atoms with Gasteiger partial charge in [-0.1, -0.05) is 6.42 Å². The predicted molar refractivity (Wildman–Crippen MR) is 87.3 cm³/mol. The van der Waals surface area contributed by atoms with E-state index in [1.165, 1.54) is 0 Å². The molecule has 1 rings (SSSR count). The van der Waals surface area contributed by atoms with Gasteiger partial charge in [-0.15, -0.1) is 0 Å². The minimum atomic E-state index is -3.38. The summed E-state index contributed by atoms with van der Waals surface area (Å²) in [5.74, 6) is 0. The minimum absolute atomic E-state index is 0.437. The van der Waals surface area contributed by atoms with Gasteiger partial charge in [0.25, 0.3) is 10.2 Å². The van der Waals surface area contributed by atoms with Gasteiger partial charge in [0.2, 0.25) is 0 Å². The van der Waals surface area contributed by atoms with Crippen LogP contribution in [0.2, 0.25) is 0 Å². The van der Waals surface area contributed by atoms with E-state index in [1.54, 1.807) is 4.31 Å². The quantitative estimate of drug-likeness (QED) is 0.679. The average molecular weight is 321 g/mol. The largest absolute Gasteiger partial charge is 0.330 e. The van der Waals surface area contributed by atoms with Gasteiger partial charge in [0.15, 0.2) is 0 Å². The predicted octanol–water partition coefficient (Wildman–Crippen LogP) is 0.756. The average Bonchev–Trinajstić information content (AvgIpc) is 2.58. The standard InChI is InChI=1S/C14H32N4O2S/c1-14(2,3)16-21(19,20)18-11-7-10-17(12-13-18)9-6-4-5-8-15/h16H,4-13,15H2,1-3H3. The third-order valence-electron chi connectivity index (χ3n) is 3.50. The maximum absolute atomic E-state index is 12.3. The lowest BCUT2D eigenvalue weighted by Gasteiger charge is -2.27. The molecule has 0 saturated carbocycles. The number of hydrogen-bond donors (Lipinski definition) is 2. The Morgan fingerprint density at radius 3 is 2.38 bits per heavy atom. The minimum Gasteiger partial charge on any atom is -0.330 e. The van der Waals surface area contributed by atoms with Crippen LogP contribution in [0.3, 0.4) is 0 Å². The van der Waals surface area contributed by atoms with Gasteiger partial charge in [-0.25, -0.2) is 0 Å². The first kappa shape index (κ1) is 18.8. The molecule has 0 aromatic carbocycles. The van der Waals surface area contributed by atoms with E-state index < -0.39 is 15.7 Å². The van der Waals surface area contributed by atoms with Gasteiger partial charge in [0.05, 0.1) is 0 Å². The fraction of sp³-hybridized carbons (Fsp3) is 1.00. The van der Waals surface area contributed by atoms with E-state index >= 15 is 0 Å². The molecule has 0 radical (unpaired) electrons. The number of hydrogen-bond acceptors (Lipinski definition) is 4. The van der Waals surface area contributed by atoms with Crippen molar-refractivity contribution < 1.29 is 8.42 Å². The van der Waals surface area contributed by atoms with Crippen molar-refractivity contribution in [3.63, 3.8) is 0 Å². The van der Waals surface area contributed by atoms with E-state index in [-0.39, 0.29) is 0 Å². The van der Waals surface area contributed by atoms with Crippen molar-refractivity contribution in [1.82, 2.24) is 13.9 Å². The molecule has 6 nitrogen and oxygen atoms in total. The topological polar surface area (TPSA) is 78.7 Å². The Balaban J connectivity index is 2.45. The van der Waals surface area contributed by atoms with Crippen LogP contribution in [-0.2, 0) is 10.2 Å². The normalized spacial score (nSPS) is 19.6. The third kappa shape index (κ3) is 7.56. The Morgan fingerprint density at radius 1 is 1.05 bits per heavy atom. The van der Waals surface area contributed by atoms with Crippen molar-refractivity contribution in [3.05, 3.63) is 0 Å². The van der Waals surface area contributed by atoms with Crippen LogP contribution in [0.1, 0.15) is 46.5 Å². The first-order chi connectivity index (χ1) is 9.74. The number of rotatable bonds is 7.